The number of furan rings is 1. The van der Waals surface area contributed by atoms with Crippen LogP contribution in [0.5, 0.6) is 0 Å². The summed E-state index contributed by atoms with van der Waals surface area (Å²) in [5.41, 5.74) is 1.60. The van der Waals surface area contributed by atoms with Gasteiger partial charge < -0.3 is 13.7 Å². The summed E-state index contributed by atoms with van der Waals surface area (Å²) in [6.07, 6.45) is 0.0399. The number of esters is 1. The standard InChI is InChI=1S/C21H14N2O4S/c24-20(25-11-19-22-21(27-23-19)14-7-8-28-12-14)10-15-9-17-16-4-2-1-3-13(16)5-6-18(17)26-15/h1-9,12H,10-11H2. The van der Waals surface area contributed by atoms with E-state index in [0.717, 1.165) is 27.3 Å². The van der Waals surface area contributed by atoms with Crippen molar-refractivity contribution in [2.24, 2.45) is 0 Å². The minimum absolute atomic E-state index is 0.0399. The first-order valence-corrected chi connectivity index (χ1v) is 9.61. The number of benzene rings is 2. The van der Waals surface area contributed by atoms with Crippen LogP contribution in [0, 0.1) is 0 Å². The van der Waals surface area contributed by atoms with Gasteiger partial charge in [0.25, 0.3) is 5.89 Å². The van der Waals surface area contributed by atoms with Gasteiger partial charge in [-0.3, -0.25) is 4.79 Å². The fourth-order valence-electron chi connectivity index (χ4n) is 3.09. The van der Waals surface area contributed by atoms with Crippen LogP contribution in [0.4, 0.5) is 0 Å². The molecule has 138 valence electrons. The molecule has 2 aromatic carbocycles. The minimum Gasteiger partial charge on any atom is -0.460 e. The van der Waals surface area contributed by atoms with Gasteiger partial charge in [-0.25, -0.2) is 0 Å². The van der Waals surface area contributed by atoms with Gasteiger partial charge in [0.1, 0.15) is 17.8 Å². The Morgan fingerprint density at radius 1 is 1.11 bits per heavy atom. The molecule has 6 nitrogen and oxygen atoms in total. The van der Waals surface area contributed by atoms with E-state index in [4.69, 9.17) is 13.7 Å². The van der Waals surface area contributed by atoms with Crippen LogP contribution in [-0.4, -0.2) is 16.1 Å². The molecule has 0 saturated carbocycles. The Hall–Kier alpha value is -3.45. The van der Waals surface area contributed by atoms with Gasteiger partial charge >= 0.3 is 5.97 Å². The van der Waals surface area contributed by atoms with E-state index < -0.39 is 5.97 Å². The molecule has 3 heterocycles. The molecule has 0 aliphatic heterocycles. The first kappa shape index (κ1) is 16.7. The van der Waals surface area contributed by atoms with Crippen LogP contribution in [0.3, 0.4) is 0 Å². The van der Waals surface area contributed by atoms with Gasteiger partial charge in [0, 0.05) is 10.8 Å². The van der Waals surface area contributed by atoms with Crippen molar-refractivity contribution in [1.82, 2.24) is 10.1 Å². The molecule has 0 amide bonds. The SMILES string of the molecule is O=C(Cc1cc2c(ccc3ccccc32)o1)OCc1noc(-c2ccsc2)n1. The zero-order valence-corrected chi connectivity index (χ0v) is 15.4. The average Bonchev–Trinajstić information content (AvgIpc) is 3.45. The summed E-state index contributed by atoms with van der Waals surface area (Å²) in [5.74, 6) is 0.885. The summed E-state index contributed by atoms with van der Waals surface area (Å²) in [6, 6.07) is 15.8. The van der Waals surface area contributed by atoms with Gasteiger partial charge in [-0.2, -0.15) is 16.3 Å². The van der Waals surface area contributed by atoms with Crippen LogP contribution in [0.15, 0.2) is 68.2 Å². The maximum atomic E-state index is 12.2. The highest BCUT2D eigenvalue weighted by Gasteiger charge is 2.14. The Morgan fingerprint density at radius 2 is 2.04 bits per heavy atom. The Balaban J connectivity index is 1.27. The zero-order chi connectivity index (χ0) is 18.9. The van der Waals surface area contributed by atoms with Crippen molar-refractivity contribution in [3.63, 3.8) is 0 Å². The Labute approximate surface area is 163 Å². The van der Waals surface area contributed by atoms with E-state index in [1.165, 1.54) is 0 Å². The number of aromatic nitrogens is 2. The first-order chi connectivity index (χ1) is 13.8. The molecule has 5 aromatic rings. The topological polar surface area (TPSA) is 78.4 Å². The number of hydrogen-bond donors (Lipinski definition) is 0. The fourth-order valence-corrected chi connectivity index (χ4v) is 3.72. The molecule has 0 aliphatic rings. The maximum absolute atomic E-state index is 12.2. The largest absolute Gasteiger partial charge is 0.460 e. The second-order valence-corrected chi connectivity index (χ2v) is 7.06. The number of ether oxygens (including phenoxy) is 1. The first-order valence-electron chi connectivity index (χ1n) is 8.67. The number of hydrogen-bond acceptors (Lipinski definition) is 7. The van der Waals surface area contributed by atoms with Crippen molar-refractivity contribution in [2.75, 3.05) is 0 Å². The normalized spacial score (nSPS) is 11.3. The van der Waals surface area contributed by atoms with E-state index in [0.29, 0.717) is 17.5 Å². The van der Waals surface area contributed by atoms with Crippen LogP contribution in [-0.2, 0) is 22.6 Å². The van der Waals surface area contributed by atoms with E-state index >= 15 is 0 Å². The molecule has 0 bridgehead atoms. The van der Waals surface area contributed by atoms with E-state index in [-0.39, 0.29) is 13.0 Å². The number of carbonyl (C=O) groups excluding carboxylic acids is 1. The van der Waals surface area contributed by atoms with Crippen LogP contribution in [0.1, 0.15) is 11.6 Å². The van der Waals surface area contributed by atoms with Crippen molar-refractivity contribution in [3.8, 4) is 11.5 Å². The molecule has 0 unspecified atom stereocenters. The van der Waals surface area contributed by atoms with Crippen molar-refractivity contribution in [1.29, 1.82) is 0 Å². The molecule has 0 aliphatic carbocycles. The molecule has 0 fully saturated rings. The Morgan fingerprint density at radius 3 is 2.93 bits per heavy atom. The van der Waals surface area contributed by atoms with Crippen molar-refractivity contribution in [2.45, 2.75) is 13.0 Å². The summed E-state index contributed by atoms with van der Waals surface area (Å²) >= 11 is 1.54. The molecule has 0 saturated heterocycles. The molecule has 5 rings (SSSR count). The molecular weight excluding hydrogens is 376 g/mol. The van der Waals surface area contributed by atoms with Gasteiger partial charge in [-0.05, 0) is 34.4 Å². The second kappa shape index (κ2) is 6.94. The fraction of sp³-hybridized carbons (Fsp3) is 0.0952. The highest BCUT2D eigenvalue weighted by Crippen LogP contribution is 2.28. The number of carbonyl (C=O) groups is 1. The molecule has 28 heavy (non-hydrogen) atoms. The van der Waals surface area contributed by atoms with Crippen LogP contribution in [0.25, 0.3) is 33.2 Å². The summed E-state index contributed by atoms with van der Waals surface area (Å²) < 4.78 is 16.2. The molecule has 0 radical (unpaired) electrons. The zero-order valence-electron chi connectivity index (χ0n) is 14.6. The predicted molar refractivity (Wildman–Crippen MR) is 105 cm³/mol. The van der Waals surface area contributed by atoms with Gasteiger partial charge in [0.2, 0.25) is 5.82 Å². The molecule has 0 N–H and O–H groups in total. The molecule has 0 atom stereocenters. The van der Waals surface area contributed by atoms with Crippen molar-refractivity contribution >= 4 is 39.0 Å². The molecule has 7 heteroatoms. The summed E-state index contributed by atoms with van der Waals surface area (Å²) in [7, 11) is 0. The Kier molecular flexibility index (Phi) is 4.14. The summed E-state index contributed by atoms with van der Waals surface area (Å²) in [6.45, 7) is -0.0460. The lowest BCUT2D eigenvalue weighted by Gasteiger charge is -1.99. The third kappa shape index (κ3) is 3.16. The third-order valence-electron chi connectivity index (χ3n) is 4.39. The van der Waals surface area contributed by atoms with E-state index in [9.17, 15) is 4.79 Å². The van der Waals surface area contributed by atoms with E-state index in [2.05, 4.69) is 10.1 Å². The highest BCUT2D eigenvalue weighted by atomic mass is 32.1. The molecule has 3 aromatic heterocycles. The number of thiophene rings is 1. The lowest BCUT2D eigenvalue weighted by atomic mass is 10.1. The average molecular weight is 390 g/mol. The predicted octanol–water partition coefficient (Wildman–Crippen LogP) is 4.98. The van der Waals surface area contributed by atoms with Crippen LogP contribution in [0.2, 0.25) is 0 Å². The van der Waals surface area contributed by atoms with Gasteiger partial charge in [-0.1, -0.05) is 35.5 Å². The number of fused-ring (bicyclic) bond motifs is 3. The van der Waals surface area contributed by atoms with Gasteiger partial charge in [0.05, 0.1) is 5.56 Å². The van der Waals surface area contributed by atoms with Gasteiger partial charge in [0.15, 0.2) is 6.61 Å². The smallest absolute Gasteiger partial charge is 0.313 e. The molecule has 0 spiro atoms. The highest BCUT2D eigenvalue weighted by molar-refractivity contribution is 7.08. The monoisotopic (exact) mass is 390 g/mol. The molecular formula is C21H14N2O4S. The van der Waals surface area contributed by atoms with Crippen molar-refractivity contribution in [3.05, 3.63) is 70.9 Å². The minimum atomic E-state index is -0.412. The van der Waals surface area contributed by atoms with E-state index in [1.54, 1.807) is 11.3 Å². The quantitative estimate of drug-likeness (QED) is 0.394. The number of rotatable bonds is 5. The van der Waals surface area contributed by atoms with E-state index in [1.807, 2.05) is 59.3 Å². The van der Waals surface area contributed by atoms with Crippen LogP contribution >= 0.6 is 11.3 Å². The van der Waals surface area contributed by atoms with Gasteiger partial charge in [-0.15, -0.1) is 0 Å². The third-order valence-corrected chi connectivity index (χ3v) is 5.08. The van der Waals surface area contributed by atoms with Crippen molar-refractivity contribution < 1.29 is 18.5 Å². The Bertz CT molecular complexity index is 1270. The summed E-state index contributed by atoms with van der Waals surface area (Å²) in [5, 5.41) is 10.9. The lowest BCUT2D eigenvalue weighted by molar-refractivity contribution is -0.144. The second-order valence-electron chi connectivity index (χ2n) is 6.28. The lowest BCUT2D eigenvalue weighted by Crippen LogP contribution is -2.08. The summed E-state index contributed by atoms with van der Waals surface area (Å²) in [4.78, 5) is 16.4. The van der Waals surface area contributed by atoms with Crippen LogP contribution < -0.4 is 0 Å². The maximum Gasteiger partial charge on any atom is 0.313 e. The number of nitrogens with zero attached hydrogens (tertiary/aromatic N) is 2.